The van der Waals surface area contributed by atoms with Gasteiger partial charge in [0.15, 0.2) is 16.6 Å². The fourth-order valence-electron chi connectivity index (χ4n) is 3.34. The van der Waals surface area contributed by atoms with Crippen molar-refractivity contribution >= 4 is 28.3 Å². The number of aromatic nitrogens is 1. The van der Waals surface area contributed by atoms with E-state index in [0.29, 0.717) is 27.9 Å². The number of fused-ring (bicyclic) bond motifs is 1. The van der Waals surface area contributed by atoms with Gasteiger partial charge in [0.2, 0.25) is 12.7 Å². The highest BCUT2D eigenvalue weighted by Crippen LogP contribution is 2.32. The predicted octanol–water partition coefficient (Wildman–Crippen LogP) is 3.12. The quantitative estimate of drug-likeness (QED) is 0.823. The van der Waals surface area contributed by atoms with Crippen molar-refractivity contribution in [1.82, 2.24) is 10.3 Å². The number of carbonyl (C=O) groups is 2. The molecule has 2 aromatic rings. The summed E-state index contributed by atoms with van der Waals surface area (Å²) in [4.78, 5) is 28.9. The van der Waals surface area contributed by atoms with E-state index in [1.165, 1.54) is 30.6 Å². The minimum absolute atomic E-state index is 0.0131. The molecule has 1 aromatic heterocycles. The third-order valence-electron chi connectivity index (χ3n) is 4.72. The summed E-state index contributed by atoms with van der Waals surface area (Å²) in [7, 11) is 0. The molecule has 4 rings (SSSR count). The van der Waals surface area contributed by atoms with Gasteiger partial charge in [0, 0.05) is 17.0 Å². The van der Waals surface area contributed by atoms with Crippen LogP contribution in [0.3, 0.4) is 0 Å². The van der Waals surface area contributed by atoms with E-state index in [9.17, 15) is 9.59 Å². The Labute approximate surface area is 161 Å². The lowest BCUT2D eigenvalue weighted by Crippen LogP contribution is -2.37. The van der Waals surface area contributed by atoms with Crippen LogP contribution in [0.15, 0.2) is 23.6 Å². The number of hydrogen-bond acceptors (Lipinski definition) is 6. The molecule has 27 heavy (non-hydrogen) atoms. The Morgan fingerprint density at radius 1 is 1.15 bits per heavy atom. The van der Waals surface area contributed by atoms with Crippen molar-refractivity contribution in [2.45, 2.75) is 44.6 Å². The Kier molecular flexibility index (Phi) is 5.24. The molecule has 1 aromatic carbocycles. The van der Waals surface area contributed by atoms with Crippen LogP contribution in [0.4, 0.5) is 5.13 Å². The number of benzene rings is 1. The first kappa shape index (κ1) is 17.8. The maximum absolute atomic E-state index is 12.4. The van der Waals surface area contributed by atoms with Crippen molar-refractivity contribution in [2.24, 2.45) is 0 Å². The summed E-state index contributed by atoms with van der Waals surface area (Å²) in [6.07, 6.45) is 5.95. The first-order chi connectivity index (χ1) is 13.2. The highest BCUT2D eigenvalue weighted by molar-refractivity contribution is 7.14. The molecular formula is C19H21N3O4S. The van der Waals surface area contributed by atoms with E-state index >= 15 is 0 Å². The van der Waals surface area contributed by atoms with Crippen molar-refractivity contribution in [3.63, 3.8) is 0 Å². The second-order valence-corrected chi connectivity index (χ2v) is 7.60. The van der Waals surface area contributed by atoms with Crippen molar-refractivity contribution in [3.8, 4) is 11.5 Å². The van der Waals surface area contributed by atoms with E-state index in [4.69, 9.17) is 9.47 Å². The molecule has 0 unspecified atom stereocenters. The highest BCUT2D eigenvalue weighted by Gasteiger charge is 2.18. The van der Waals surface area contributed by atoms with Gasteiger partial charge in [-0.2, -0.15) is 0 Å². The van der Waals surface area contributed by atoms with Gasteiger partial charge in [-0.05, 0) is 31.0 Å². The molecule has 1 saturated carbocycles. The largest absolute Gasteiger partial charge is 0.454 e. The Morgan fingerprint density at radius 3 is 2.81 bits per heavy atom. The SMILES string of the molecule is O=C(Cc1csc(NC(=O)c2ccc3c(c2)OCO3)n1)NC1CCCCC1. The molecule has 2 heterocycles. The summed E-state index contributed by atoms with van der Waals surface area (Å²) in [6, 6.07) is 5.31. The van der Waals surface area contributed by atoms with Crippen molar-refractivity contribution in [1.29, 1.82) is 0 Å². The number of anilines is 1. The van der Waals surface area contributed by atoms with E-state index in [1.54, 1.807) is 23.6 Å². The minimum Gasteiger partial charge on any atom is -0.454 e. The molecule has 2 N–H and O–H groups in total. The van der Waals surface area contributed by atoms with Crippen LogP contribution >= 0.6 is 11.3 Å². The molecule has 2 amide bonds. The third kappa shape index (κ3) is 4.39. The fourth-order valence-corrected chi connectivity index (χ4v) is 4.05. The summed E-state index contributed by atoms with van der Waals surface area (Å²) < 4.78 is 10.5. The summed E-state index contributed by atoms with van der Waals surface area (Å²) in [5.41, 5.74) is 1.13. The highest BCUT2D eigenvalue weighted by atomic mass is 32.1. The third-order valence-corrected chi connectivity index (χ3v) is 5.53. The number of hydrogen-bond donors (Lipinski definition) is 2. The molecule has 7 nitrogen and oxygen atoms in total. The zero-order valence-corrected chi connectivity index (χ0v) is 15.6. The Hall–Kier alpha value is -2.61. The van der Waals surface area contributed by atoms with E-state index in [1.807, 2.05) is 0 Å². The normalized spacial score (nSPS) is 16.1. The van der Waals surface area contributed by atoms with E-state index in [2.05, 4.69) is 15.6 Å². The van der Waals surface area contributed by atoms with Gasteiger partial charge in [-0.25, -0.2) is 4.98 Å². The smallest absolute Gasteiger partial charge is 0.257 e. The van der Waals surface area contributed by atoms with Crippen molar-refractivity contribution < 1.29 is 19.1 Å². The van der Waals surface area contributed by atoms with Gasteiger partial charge in [0.05, 0.1) is 12.1 Å². The summed E-state index contributed by atoms with van der Waals surface area (Å²) in [5.74, 6) is 0.899. The molecule has 2 aliphatic rings. The van der Waals surface area contributed by atoms with E-state index < -0.39 is 0 Å². The lowest BCUT2D eigenvalue weighted by molar-refractivity contribution is -0.121. The van der Waals surface area contributed by atoms with Gasteiger partial charge in [0.1, 0.15) is 0 Å². The van der Waals surface area contributed by atoms with Gasteiger partial charge in [-0.15, -0.1) is 11.3 Å². The molecule has 8 heteroatoms. The predicted molar refractivity (Wildman–Crippen MR) is 101 cm³/mol. The average molecular weight is 387 g/mol. The topological polar surface area (TPSA) is 89.6 Å². The van der Waals surface area contributed by atoms with Crippen LogP contribution in [-0.2, 0) is 11.2 Å². The van der Waals surface area contributed by atoms with Gasteiger partial charge in [-0.1, -0.05) is 19.3 Å². The second kappa shape index (κ2) is 7.96. The van der Waals surface area contributed by atoms with Crippen LogP contribution in [-0.4, -0.2) is 29.6 Å². The number of nitrogens with one attached hydrogen (secondary N) is 2. The number of amides is 2. The average Bonchev–Trinajstić information content (AvgIpc) is 3.31. The van der Waals surface area contributed by atoms with Gasteiger partial charge in [0.25, 0.3) is 5.91 Å². The Balaban J connectivity index is 1.32. The molecule has 142 valence electrons. The number of carbonyl (C=O) groups excluding carboxylic acids is 2. The number of rotatable bonds is 5. The summed E-state index contributed by atoms with van der Waals surface area (Å²) in [6.45, 7) is 0.166. The zero-order chi connectivity index (χ0) is 18.6. The molecule has 0 saturated heterocycles. The standard InChI is InChI=1S/C19H21N3O4S/c23-17(20-13-4-2-1-3-5-13)9-14-10-27-19(21-14)22-18(24)12-6-7-15-16(8-12)26-11-25-15/h6-8,10,13H,1-5,9,11H2,(H,20,23)(H,21,22,24). The first-order valence-electron chi connectivity index (χ1n) is 9.12. The Morgan fingerprint density at radius 2 is 1.96 bits per heavy atom. The Bertz CT molecular complexity index is 845. The monoisotopic (exact) mass is 387 g/mol. The summed E-state index contributed by atoms with van der Waals surface area (Å²) >= 11 is 1.31. The summed E-state index contributed by atoms with van der Waals surface area (Å²) in [5, 5.41) is 8.12. The van der Waals surface area contributed by atoms with Crippen LogP contribution < -0.4 is 20.1 Å². The first-order valence-corrected chi connectivity index (χ1v) is 10.00. The number of ether oxygens (including phenoxy) is 2. The molecule has 0 spiro atoms. The molecule has 1 aliphatic carbocycles. The van der Waals surface area contributed by atoms with Gasteiger partial charge in [-0.3, -0.25) is 14.9 Å². The lowest BCUT2D eigenvalue weighted by Gasteiger charge is -2.22. The molecule has 0 radical (unpaired) electrons. The number of nitrogens with zero attached hydrogens (tertiary/aromatic N) is 1. The molecule has 1 aliphatic heterocycles. The maximum atomic E-state index is 12.4. The van der Waals surface area contributed by atoms with Gasteiger partial charge < -0.3 is 14.8 Å². The van der Waals surface area contributed by atoms with Crippen LogP contribution in [0.1, 0.15) is 48.2 Å². The zero-order valence-electron chi connectivity index (χ0n) is 14.8. The molecule has 0 bridgehead atoms. The number of thiazole rings is 1. The van der Waals surface area contributed by atoms with Crippen LogP contribution in [0.2, 0.25) is 0 Å². The van der Waals surface area contributed by atoms with Crippen LogP contribution in [0, 0.1) is 0 Å². The molecule has 1 fully saturated rings. The maximum Gasteiger partial charge on any atom is 0.257 e. The molecule has 0 atom stereocenters. The minimum atomic E-state index is -0.277. The fraction of sp³-hybridized carbons (Fsp3) is 0.421. The van der Waals surface area contributed by atoms with E-state index in [0.717, 1.165) is 12.8 Å². The van der Waals surface area contributed by atoms with Crippen molar-refractivity contribution in [2.75, 3.05) is 12.1 Å². The van der Waals surface area contributed by atoms with Crippen LogP contribution in [0.5, 0.6) is 11.5 Å². The lowest BCUT2D eigenvalue weighted by atomic mass is 9.95. The molecular weight excluding hydrogens is 366 g/mol. The van der Waals surface area contributed by atoms with Crippen molar-refractivity contribution in [3.05, 3.63) is 34.8 Å². The van der Waals surface area contributed by atoms with Crippen LogP contribution in [0.25, 0.3) is 0 Å². The van der Waals surface area contributed by atoms with Gasteiger partial charge >= 0.3 is 0 Å². The van der Waals surface area contributed by atoms with E-state index in [-0.39, 0.29) is 31.1 Å². The second-order valence-electron chi connectivity index (χ2n) is 6.75.